The zero-order valence-corrected chi connectivity index (χ0v) is 8.88. The number of likely N-dealkylation sites (N-methyl/N-ethyl adjacent to an activating group) is 1. The van der Waals surface area contributed by atoms with E-state index in [0.29, 0.717) is 6.04 Å². The lowest BCUT2D eigenvalue weighted by Crippen LogP contribution is -2.34. The summed E-state index contributed by atoms with van der Waals surface area (Å²) in [6.07, 6.45) is 1.98. The Morgan fingerprint density at radius 1 is 1.33 bits per heavy atom. The van der Waals surface area contributed by atoms with E-state index in [4.69, 9.17) is 0 Å². The van der Waals surface area contributed by atoms with Crippen LogP contribution in [0.5, 0.6) is 0 Å². The third-order valence-corrected chi connectivity index (χ3v) is 2.45. The van der Waals surface area contributed by atoms with Gasteiger partial charge in [-0.05, 0) is 19.4 Å². The highest BCUT2D eigenvalue weighted by atomic mass is 16.3. The number of hydrogen-bond donors (Lipinski definition) is 1. The van der Waals surface area contributed by atoms with Crippen molar-refractivity contribution in [2.75, 3.05) is 13.1 Å². The van der Waals surface area contributed by atoms with Gasteiger partial charge in [-0.25, -0.2) is 0 Å². The first-order valence-corrected chi connectivity index (χ1v) is 5.21. The fourth-order valence-electron chi connectivity index (χ4n) is 1.82. The Labute approximate surface area is 76.6 Å². The maximum atomic E-state index is 9.45. The minimum absolute atomic E-state index is 0.0649. The normalized spacial score (nSPS) is 29.8. The third-order valence-electron chi connectivity index (χ3n) is 2.45. The van der Waals surface area contributed by atoms with Crippen LogP contribution in [-0.4, -0.2) is 35.2 Å². The number of aliphatic hydroxyl groups excluding tert-OH is 1. The van der Waals surface area contributed by atoms with Crippen LogP contribution in [0.4, 0.5) is 0 Å². The van der Waals surface area contributed by atoms with E-state index >= 15 is 0 Å². The monoisotopic (exact) mass is 173 g/mol. The van der Waals surface area contributed by atoms with Crippen LogP contribution in [0.3, 0.4) is 0 Å². The summed E-state index contributed by atoms with van der Waals surface area (Å²) in [6.45, 7) is 10.5. The number of likely N-dealkylation sites (tertiary alicyclic amines) is 1. The molecule has 1 saturated heterocycles. The number of hydrogen-bond acceptors (Lipinski definition) is 2. The predicted octanol–water partition coefficient (Wildman–Crippen LogP) is 1.88. The molecule has 1 aliphatic heterocycles. The van der Waals surface area contributed by atoms with Crippen molar-refractivity contribution in [1.29, 1.82) is 0 Å². The van der Waals surface area contributed by atoms with Gasteiger partial charge in [-0.2, -0.15) is 0 Å². The molecule has 0 bridgehead atoms. The molecule has 0 amide bonds. The molecule has 74 valence electrons. The average Bonchev–Trinajstić information content (AvgIpc) is 2.49. The van der Waals surface area contributed by atoms with Gasteiger partial charge in [0.25, 0.3) is 0 Å². The molecule has 0 saturated carbocycles. The number of rotatable bonds is 2. The highest BCUT2D eigenvalue weighted by molar-refractivity contribution is 4.84. The molecule has 0 radical (unpaired) electrons. The Bertz CT molecular complexity index is 106. The second-order valence-electron chi connectivity index (χ2n) is 2.96. The molecular formula is C10H23NO. The van der Waals surface area contributed by atoms with Crippen LogP contribution in [-0.2, 0) is 0 Å². The van der Waals surface area contributed by atoms with Gasteiger partial charge < -0.3 is 5.11 Å². The van der Waals surface area contributed by atoms with E-state index in [1.165, 1.54) is 0 Å². The standard InChI is InChI=1S/C8H17NO.C2H6/c1-3-7-8(10)5-6-9(7)4-2;1-2/h7-8,10H,3-6H2,1-2H3;1-2H3/t7-,8+;/m1./s1. The van der Waals surface area contributed by atoms with Gasteiger partial charge in [0.2, 0.25) is 0 Å². The molecule has 0 aromatic heterocycles. The molecule has 1 fully saturated rings. The lowest BCUT2D eigenvalue weighted by Gasteiger charge is -2.22. The summed E-state index contributed by atoms with van der Waals surface area (Å²) in [5.41, 5.74) is 0. The van der Waals surface area contributed by atoms with Crippen LogP contribution < -0.4 is 0 Å². The van der Waals surface area contributed by atoms with E-state index < -0.39 is 0 Å². The largest absolute Gasteiger partial charge is 0.391 e. The SMILES string of the molecule is CC.CC[C@@H]1[C@@H](O)CCN1CC. The van der Waals surface area contributed by atoms with Crippen LogP contribution >= 0.6 is 0 Å². The topological polar surface area (TPSA) is 23.5 Å². The van der Waals surface area contributed by atoms with E-state index in [2.05, 4.69) is 18.7 Å². The van der Waals surface area contributed by atoms with Crippen molar-refractivity contribution in [2.45, 2.75) is 52.7 Å². The van der Waals surface area contributed by atoms with E-state index in [1.807, 2.05) is 13.8 Å². The molecule has 0 aliphatic carbocycles. The summed E-state index contributed by atoms with van der Waals surface area (Å²) < 4.78 is 0. The van der Waals surface area contributed by atoms with Gasteiger partial charge in [-0.3, -0.25) is 4.90 Å². The van der Waals surface area contributed by atoms with Gasteiger partial charge in [-0.15, -0.1) is 0 Å². The van der Waals surface area contributed by atoms with Crippen LogP contribution in [0.15, 0.2) is 0 Å². The van der Waals surface area contributed by atoms with Crippen molar-refractivity contribution >= 4 is 0 Å². The zero-order valence-electron chi connectivity index (χ0n) is 8.88. The molecular weight excluding hydrogens is 150 g/mol. The van der Waals surface area contributed by atoms with E-state index in [0.717, 1.165) is 25.9 Å². The first-order chi connectivity index (χ1) is 5.79. The van der Waals surface area contributed by atoms with Crippen LogP contribution in [0, 0.1) is 0 Å². The summed E-state index contributed by atoms with van der Waals surface area (Å²) >= 11 is 0. The molecule has 0 unspecified atom stereocenters. The smallest absolute Gasteiger partial charge is 0.0707 e. The molecule has 1 aliphatic rings. The van der Waals surface area contributed by atoms with Gasteiger partial charge in [-0.1, -0.05) is 27.7 Å². The van der Waals surface area contributed by atoms with Crippen molar-refractivity contribution in [3.8, 4) is 0 Å². The van der Waals surface area contributed by atoms with Crippen LogP contribution in [0.2, 0.25) is 0 Å². The summed E-state index contributed by atoms with van der Waals surface area (Å²) in [5, 5.41) is 9.45. The van der Waals surface area contributed by atoms with Gasteiger partial charge >= 0.3 is 0 Å². The van der Waals surface area contributed by atoms with Crippen molar-refractivity contribution < 1.29 is 5.11 Å². The molecule has 1 rings (SSSR count). The first-order valence-electron chi connectivity index (χ1n) is 5.21. The Hall–Kier alpha value is -0.0800. The van der Waals surface area contributed by atoms with Crippen LogP contribution in [0.1, 0.15) is 40.5 Å². The van der Waals surface area contributed by atoms with Gasteiger partial charge in [0, 0.05) is 12.6 Å². The van der Waals surface area contributed by atoms with Crippen molar-refractivity contribution in [1.82, 2.24) is 4.90 Å². The Morgan fingerprint density at radius 3 is 2.25 bits per heavy atom. The fraction of sp³-hybridized carbons (Fsp3) is 1.00. The summed E-state index contributed by atoms with van der Waals surface area (Å²) in [6, 6.07) is 0.435. The van der Waals surface area contributed by atoms with Crippen LogP contribution in [0.25, 0.3) is 0 Å². The lowest BCUT2D eigenvalue weighted by molar-refractivity contribution is 0.116. The average molecular weight is 173 g/mol. The Kier molecular flexibility index (Phi) is 6.39. The van der Waals surface area contributed by atoms with Crippen molar-refractivity contribution in [3.05, 3.63) is 0 Å². The summed E-state index contributed by atoms with van der Waals surface area (Å²) in [5.74, 6) is 0. The van der Waals surface area contributed by atoms with Gasteiger partial charge in [0.15, 0.2) is 0 Å². The molecule has 0 aromatic carbocycles. The maximum absolute atomic E-state index is 9.45. The Balaban J connectivity index is 0.000000561. The molecule has 2 nitrogen and oxygen atoms in total. The second kappa shape index (κ2) is 6.44. The molecule has 1 heterocycles. The van der Waals surface area contributed by atoms with E-state index in [-0.39, 0.29) is 6.10 Å². The number of nitrogens with zero attached hydrogens (tertiary/aromatic N) is 1. The minimum atomic E-state index is -0.0649. The van der Waals surface area contributed by atoms with Crippen molar-refractivity contribution in [3.63, 3.8) is 0 Å². The molecule has 2 heteroatoms. The highest BCUT2D eigenvalue weighted by Crippen LogP contribution is 2.19. The molecule has 0 spiro atoms. The molecule has 1 N–H and O–H groups in total. The van der Waals surface area contributed by atoms with Gasteiger partial charge in [0.1, 0.15) is 0 Å². The molecule has 12 heavy (non-hydrogen) atoms. The zero-order chi connectivity index (χ0) is 9.56. The predicted molar refractivity (Wildman–Crippen MR) is 53.3 cm³/mol. The quantitative estimate of drug-likeness (QED) is 0.689. The van der Waals surface area contributed by atoms with Gasteiger partial charge in [0.05, 0.1) is 6.10 Å². The molecule has 0 aromatic rings. The fourth-order valence-corrected chi connectivity index (χ4v) is 1.82. The van der Waals surface area contributed by atoms with Crippen molar-refractivity contribution in [2.24, 2.45) is 0 Å². The summed E-state index contributed by atoms with van der Waals surface area (Å²) in [7, 11) is 0. The van der Waals surface area contributed by atoms with E-state index in [1.54, 1.807) is 0 Å². The second-order valence-corrected chi connectivity index (χ2v) is 2.96. The highest BCUT2D eigenvalue weighted by Gasteiger charge is 2.29. The number of aliphatic hydroxyl groups is 1. The molecule has 2 atom stereocenters. The summed E-state index contributed by atoms with van der Waals surface area (Å²) in [4.78, 5) is 2.35. The maximum Gasteiger partial charge on any atom is 0.0707 e. The van der Waals surface area contributed by atoms with E-state index in [9.17, 15) is 5.11 Å². The first kappa shape index (κ1) is 11.9. The lowest BCUT2D eigenvalue weighted by atomic mass is 10.1. The Morgan fingerprint density at radius 2 is 1.92 bits per heavy atom. The minimum Gasteiger partial charge on any atom is -0.391 e. The third kappa shape index (κ3) is 2.76.